The Balaban J connectivity index is 3.04. The van der Waals surface area contributed by atoms with Crippen LogP contribution in [-0.2, 0) is 10.3 Å². The first-order chi connectivity index (χ1) is 7.01. The minimum atomic E-state index is -0.440. The predicted octanol–water partition coefficient (Wildman–Crippen LogP) is 2.39. The lowest BCUT2D eigenvalue weighted by atomic mass is 10.1. The van der Waals surface area contributed by atoms with E-state index in [4.69, 9.17) is 4.74 Å². The van der Waals surface area contributed by atoms with Crippen molar-refractivity contribution in [1.29, 1.82) is 0 Å². The molecule has 0 aliphatic heterocycles. The molecule has 4 nitrogen and oxygen atoms in total. The Bertz CT molecular complexity index is 341. The number of anilines is 1. The van der Waals surface area contributed by atoms with Crippen molar-refractivity contribution in [1.82, 2.24) is 9.97 Å². The van der Waals surface area contributed by atoms with E-state index in [2.05, 4.69) is 37.9 Å². The van der Waals surface area contributed by atoms with Crippen LogP contribution in [0.3, 0.4) is 0 Å². The minimum Gasteiger partial charge on any atom is -0.372 e. The minimum absolute atomic E-state index is 0.440. The van der Waals surface area contributed by atoms with Crippen LogP contribution >= 0.6 is 22.6 Å². The number of rotatable bonds is 4. The van der Waals surface area contributed by atoms with Crippen molar-refractivity contribution in [2.45, 2.75) is 26.4 Å². The molecule has 0 aliphatic rings. The molecule has 0 radical (unpaired) electrons. The zero-order valence-corrected chi connectivity index (χ0v) is 11.6. The number of nitrogens with one attached hydrogen (secondary N) is 1. The van der Waals surface area contributed by atoms with Crippen LogP contribution in [-0.4, -0.2) is 23.6 Å². The van der Waals surface area contributed by atoms with E-state index < -0.39 is 5.60 Å². The van der Waals surface area contributed by atoms with E-state index in [0.717, 1.165) is 9.39 Å². The number of halogens is 1. The molecule has 1 aromatic heterocycles. The maximum atomic E-state index is 5.60. The predicted molar refractivity (Wildman–Crippen MR) is 68.9 cm³/mol. The Morgan fingerprint density at radius 2 is 2.20 bits per heavy atom. The summed E-state index contributed by atoms with van der Waals surface area (Å²) < 4.78 is 6.61. The van der Waals surface area contributed by atoms with Gasteiger partial charge in [-0.1, -0.05) is 0 Å². The number of hydrogen-bond donors (Lipinski definition) is 1. The average Bonchev–Trinajstić information content (AvgIpc) is 2.18. The van der Waals surface area contributed by atoms with E-state index in [1.54, 1.807) is 6.20 Å². The maximum Gasteiger partial charge on any atom is 0.162 e. The first-order valence-electron chi connectivity index (χ1n) is 4.86. The van der Waals surface area contributed by atoms with Gasteiger partial charge in [0, 0.05) is 19.9 Å². The Kier molecular flexibility index (Phi) is 4.27. The summed E-state index contributed by atoms with van der Waals surface area (Å²) >= 11 is 2.20. The van der Waals surface area contributed by atoms with Crippen LogP contribution in [0.15, 0.2) is 6.20 Å². The van der Waals surface area contributed by atoms with Gasteiger partial charge in [0.05, 0.1) is 3.57 Å². The maximum absolute atomic E-state index is 5.60. The Hall–Kier alpha value is -0.430. The Morgan fingerprint density at radius 1 is 1.53 bits per heavy atom. The lowest BCUT2D eigenvalue weighted by Crippen LogP contribution is -2.25. The highest BCUT2D eigenvalue weighted by Gasteiger charge is 2.24. The van der Waals surface area contributed by atoms with Crippen molar-refractivity contribution >= 4 is 28.4 Å². The van der Waals surface area contributed by atoms with Crippen LogP contribution in [0.1, 0.15) is 26.6 Å². The molecular formula is C10H16IN3O. The fourth-order valence-corrected chi connectivity index (χ4v) is 1.79. The molecule has 0 atom stereocenters. The highest BCUT2D eigenvalue weighted by atomic mass is 127. The van der Waals surface area contributed by atoms with E-state index in [-0.39, 0.29) is 0 Å². The van der Waals surface area contributed by atoms with E-state index in [1.165, 1.54) is 0 Å². The lowest BCUT2D eigenvalue weighted by Gasteiger charge is -2.23. The van der Waals surface area contributed by atoms with Gasteiger partial charge >= 0.3 is 0 Å². The highest BCUT2D eigenvalue weighted by molar-refractivity contribution is 14.1. The molecule has 0 aliphatic carbocycles. The van der Waals surface area contributed by atoms with Crippen LogP contribution in [0.4, 0.5) is 5.82 Å². The smallest absolute Gasteiger partial charge is 0.162 e. The SMILES string of the molecule is CCOC(C)(C)c1ncc(I)c(NC)n1. The van der Waals surface area contributed by atoms with Crippen LogP contribution in [0.5, 0.6) is 0 Å². The van der Waals surface area contributed by atoms with Gasteiger partial charge < -0.3 is 10.1 Å². The Morgan fingerprint density at radius 3 is 2.73 bits per heavy atom. The second-order valence-electron chi connectivity index (χ2n) is 3.58. The quantitative estimate of drug-likeness (QED) is 0.865. The summed E-state index contributed by atoms with van der Waals surface area (Å²) in [5.74, 6) is 1.54. The molecule has 1 N–H and O–H groups in total. The van der Waals surface area contributed by atoms with Crippen molar-refractivity contribution in [3.63, 3.8) is 0 Å². The Labute approximate surface area is 104 Å². The van der Waals surface area contributed by atoms with Gasteiger partial charge in [-0.3, -0.25) is 0 Å². The zero-order chi connectivity index (χ0) is 11.5. The molecule has 0 amide bonds. The zero-order valence-electron chi connectivity index (χ0n) is 9.47. The van der Waals surface area contributed by atoms with Crippen LogP contribution in [0.2, 0.25) is 0 Å². The van der Waals surface area contributed by atoms with Gasteiger partial charge in [-0.2, -0.15) is 0 Å². The standard InChI is InChI=1S/C10H16IN3O/c1-5-15-10(2,3)9-13-6-7(11)8(12-4)14-9/h6H,5H2,1-4H3,(H,12,13,14). The number of nitrogens with zero attached hydrogens (tertiary/aromatic N) is 2. The second kappa shape index (κ2) is 5.07. The van der Waals surface area contributed by atoms with Gasteiger partial charge in [-0.15, -0.1) is 0 Å². The number of hydrogen-bond acceptors (Lipinski definition) is 4. The summed E-state index contributed by atoms with van der Waals surface area (Å²) in [5.41, 5.74) is -0.440. The number of aromatic nitrogens is 2. The van der Waals surface area contributed by atoms with Gasteiger partial charge in [-0.25, -0.2) is 9.97 Å². The van der Waals surface area contributed by atoms with Crippen molar-refractivity contribution < 1.29 is 4.74 Å². The molecule has 0 saturated heterocycles. The third-order valence-corrected chi connectivity index (χ3v) is 2.81. The molecular weight excluding hydrogens is 305 g/mol. The molecule has 0 spiro atoms. The summed E-state index contributed by atoms with van der Waals surface area (Å²) in [6.45, 7) is 6.56. The third-order valence-electron chi connectivity index (χ3n) is 2.02. The summed E-state index contributed by atoms with van der Waals surface area (Å²) in [6, 6.07) is 0. The molecule has 0 saturated carbocycles. The van der Waals surface area contributed by atoms with Gasteiger partial charge in [0.1, 0.15) is 11.4 Å². The summed E-state index contributed by atoms with van der Waals surface area (Å²) in [5, 5.41) is 3.04. The number of ether oxygens (including phenoxy) is 1. The molecule has 84 valence electrons. The van der Waals surface area contributed by atoms with Gasteiger partial charge in [-0.05, 0) is 43.4 Å². The van der Waals surface area contributed by atoms with E-state index in [1.807, 2.05) is 27.8 Å². The summed E-state index contributed by atoms with van der Waals surface area (Å²) in [6.07, 6.45) is 1.80. The fourth-order valence-electron chi connectivity index (χ4n) is 1.26. The molecule has 5 heteroatoms. The molecule has 0 bridgehead atoms. The van der Waals surface area contributed by atoms with Crippen LogP contribution < -0.4 is 5.32 Å². The second-order valence-corrected chi connectivity index (χ2v) is 4.75. The van der Waals surface area contributed by atoms with E-state index in [0.29, 0.717) is 12.4 Å². The molecule has 1 aromatic rings. The van der Waals surface area contributed by atoms with E-state index >= 15 is 0 Å². The topological polar surface area (TPSA) is 47.0 Å². The van der Waals surface area contributed by atoms with Crippen molar-refractivity contribution in [2.24, 2.45) is 0 Å². The van der Waals surface area contributed by atoms with Crippen LogP contribution in [0, 0.1) is 3.57 Å². The van der Waals surface area contributed by atoms with Crippen molar-refractivity contribution in [2.75, 3.05) is 19.0 Å². The molecule has 1 heterocycles. The summed E-state index contributed by atoms with van der Waals surface area (Å²) in [4.78, 5) is 8.72. The monoisotopic (exact) mass is 321 g/mol. The summed E-state index contributed by atoms with van der Waals surface area (Å²) in [7, 11) is 1.85. The molecule has 1 rings (SSSR count). The molecule has 0 fully saturated rings. The van der Waals surface area contributed by atoms with Crippen molar-refractivity contribution in [3.8, 4) is 0 Å². The molecule has 15 heavy (non-hydrogen) atoms. The van der Waals surface area contributed by atoms with Crippen LogP contribution in [0.25, 0.3) is 0 Å². The molecule has 0 aromatic carbocycles. The van der Waals surface area contributed by atoms with Gasteiger partial charge in [0.25, 0.3) is 0 Å². The van der Waals surface area contributed by atoms with E-state index in [9.17, 15) is 0 Å². The average molecular weight is 321 g/mol. The third kappa shape index (κ3) is 3.01. The largest absolute Gasteiger partial charge is 0.372 e. The highest BCUT2D eigenvalue weighted by Crippen LogP contribution is 2.23. The van der Waals surface area contributed by atoms with Gasteiger partial charge in [0.15, 0.2) is 5.82 Å². The molecule has 0 unspecified atom stereocenters. The normalized spacial score (nSPS) is 11.5. The first kappa shape index (κ1) is 12.6. The van der Waals surface area contributed by atoms with Gasteiger partial charge in [0.2, 0.25) is 0 Å². The fraction of sp³-hybridized carbons (Fsp3) is 0.600. The first-order valence-corrected chi connectivity index (χ1v) is 5.94. The lowest BCUT2D eigenvalue weighted by molar-refractivity contribution is -0.0207. The van der Waals surface area contributed by atoms with Crippen molar-refractivity contribution in [3.05, 3.63) is 15.6 Å².